The monoisotopic (exact) mass is 533 g/mol. The number of hydrogen-bond acceptors (Lipinski definition) is 4. The maximum Gasteiger partial charge on any atom is 0.411 e. The van der Waals surface area contributed by atoms with E-state index in [1.54, 1.807) is 0 Å². The van der Waals surface area contributed by atoms with Crippen molar-refractivity contribution in [2.75, 3.05) is 0 Å². The summed E-state index contributed by atoms with van der Waals surface area (Å²) in [7, 11) is 0. The number of nitrogens with zero attached hydrogens (tertiary/aromatic N) is 1. The number of primary amides is 1. The first-order chi connectivity index (χ1) is 19.5. The summed E-state index contributed by atoms with van der Waals surface area (Å²) in [5, 5.41) is 2.81. The maximum atomic E-state index is 13.6. The Morgan fingerprint density at radius 3 is 2.05 bits per heavy atom. The number of hydrogen-bond donors (Lipinski definition) is 2. The van der Waals surface area contributed by atoms with Crippen LogP contribution in [0.25, 0.3) is 11.1 Å². The first-order valence-electron chi connectivity index (χ1n) is 13.3. The first-order valence-corrected chi connectivity index (χ1v) is 13.3. The van der Waals surface area contributed by atoms with Crippen LogP contribution in [0.15, 0.2) is 109 Å². The van der Waals surface area contributed by atoms with Gasteiger partial charge in [0.25, 0.3) is 0 Å². The Bertz CT molecular complexity index is 1470. The van der Waals surface area contributed by atoms with Crippen LogP contribution in [-0.4, -0.2) is 34.9 Å². The molecule has 0 spiro atoms. The van der Waals surface area contributed by atoms with Gasteiger partial charge < -0.3 is 15.8 Å². The lowest BCUT2D eigenvalue weighted by Crippen LogP contribution is -2.56. The topological polar surface area (TPSA) is 102 Å². The predicted molar refractivity (Wildman–Crippen MR) is 153 cm³/mol. The number of amides is 3. The highest BCUT2D eigenvalue weighted by molar-refractivity contribution is 5.91. The minimum atomic E-state index is -0.936. The second kappa shape index (κ2) is 12.3. The van der Waals surface area contributed by atoms with E-state index in [2.05, 4.69) is 5.32 Å². The van der Waals surface area contributed by atoms with Gasteiger partial charge in [-0.15, -0.1) is 0 Å². The largest absolute Gasteiger partial charge is 0.445 e. The fourth-order valence-corrected chi connectivity index (χ4v) is 4.94. The van der Waals surface area contributed by atoms with E-state index in [-0.39, 0.29) is 19.6 Å². The first kappa shape index (κ1) is 26.7. The summed E-state index contributed by atoms with van der Waals surface area (Å²) in [4.78, 5) is 40.6. The van der Waals surface area contributed by atoms with Gasteiger partial charge in [0.15, 0.2) is 0 Å². The molecule has 0 aliphatic carbocycles. The normalized spacial score (nSPS) is 15.0. The van der Waals surface area contributed by atoms with Gasteiger partial charge in [0.05, 0.1) is 6.54 Å². The van der Waals surface area contributed by atoms with Gasteiger partial charge in [-0.1, -0.05) is 109 Å². The Morgan fingerprint density at radius 2 is 1.38 bits per heavy atom. The molecule has 3 N–H and O–H groups in total. The fraction of sp³-hybridized carbons (Fsp3) is 0.182. The molecule has 1 aliphatic rings. The second-order valence-electron chi connectivity index (χ2n) is 9.89. The summed E-state index contributed by atoms with van der Waals surface area (Å²) >= 11 is 0. The molecule has 0 unspecified atom stereocenters. The molecule has 0 fully saturated rings. The van der Waals surface area contributed by atoms with Crippen LogP contribution < -0.4 is 11.1 Å². The van der Waals surface area contributed by atoms with Crippen LogP contribution in [0.1, 0.15) is 22.3 Å². The van der Waals surface area contributed by atoms with Crippen molar-refractivity contribution in [2.45, 2.75) is 38.1 Å². The van der Waals surface area contributed by atoms with Gasteiger partial charge >= 0.3 is 6.09 Å². The standard InChI is InChI=1S/C33H31N3O4/c34-31(37)29(19-23-15-17-26(18-16-23)25-11-5-2-6-12-25)35-32(38)30-20-27-13-7-8-14-28(27)21-36(30)33(39)40-22-24-9-3-1-4-10-24/h1-18,29-30H,19-22H2,(H2,34,37)(H,35,38)/t29-,30-/m0/s1. The van der Waals surface area contributed by atoms with Crippen molar-refractivity contribution < 1.29 is 19.1 Å². The van der Waals surface area contributed by atoms with Gasteiger partial charge in [0.1, 0.15) is 18.7 Å². The van der Waals surface area contributed by atoms with Crippen molar-refractivity contribution in [1.29, 1.82) is 0 Å². The van der Waals surface area contributed by atoms with E-state index >= 15 is 0 Å². The average molecular weight is 534 g/mol. The average Bonchev–Trinajstić information content (AvgIpc) is 3.00. The summed E-state index contributed by atoms with van der Waals surface area (Å²) in [5.74, 6) is -1.09. The molecule has 4 aromatic rings. The van der Waals surface area contributed by atoms with Crippen LogP contribution in [0.4, 0.5) is 4.79 Å². The number of fused-ring (bicyclic) bond motifs is 1. The van der Waals surface area contributed by atoms with Crippen molar-refractivity contribution in [3.63, 3.8) is 0 Å². The van der Waals surface area contributed by atoms with Gasteiger partial charge in [-0.2, -0.15) is 0 Å². The molecular formula is C33H31N3O4. The van der Waals surface area contributed by atoms with Crippen molar-refractivity contribution in [3.05, 3.63) is 131 Å². The maximum absolute atomic E-state index is 13.6. The Labute approximate surface area is 233 Å². The van der Waals surface area contributed by atoms with Crippen LogP contribution in [0.5, 0.6) is 0 Å². The molecule has 5 rings (SSSR count). The van der Waals surface area contributed by atoms with Crippen molar-refractivity contribution in [2.24, 2.45) is 5.73 Å². The molecule has 1 aliphatic heterocycles. The Kier molecular flexibility index (Phi) is 8.21. The zero-order valence-corrected chi connectivity index (χ0v) is 22.0. The van der Waals surface area contributed by atoms with Crippen LogP contribution in [0.3, 0.4) is 0 Å². The summed E-state index contributed by atoms with van der Waals surface area (Å²) in [6.07, 6.45) is -0.0527. The summed E-state index contributed by atoms with van der Waals surface area (Å²) < 4.78 is 5.57. The van der Waals surface area contributed by atoms with E-state index in [1.807, 2.05) is 109 Å². The van der Waals surface area contributed by atoms with Gasteiger partial charge in [0, 0.05) is 12.8 Å². The number of nitrogens with two attached hydrogens (primary N) is 1. The lowest BCUT2D eigenvalue weighted by Gasteiger charge is -2.35. The summed E-state index contributed by atoms with van der Waals surface area (Å²) in [6.45, 7) is 0.319. The molecule has 4 aromatic carbocycles. The highest BCUT2D eigenvalue weighted by atomic mass is 16.6. The van der Waals surface area contributed by atoms with Crippen molar-refractivity contribution >= 4 is 17.9 Å². The molecule has 0 bridgehead atoms. The number of nitrogens with one attached hydrogen (secondary N) is 1. The fourth-order valence-electron chi connectivity index (χ4n) is 4.94. The highest BCUT2D eigenvalue weighted by Crippen LogP contribution is 2.25. The second-order valence-corrected chi connectivity index (χ2v) is 9.89. The van der Waals surface area contributed by atoms with Crippen molar-refractivity contribution in [1.82, 2.24) is 10.2 Å². The minimum absolute atomic E-state index is 0.0923. The quantitative estimate of drug-likeness (QED) is 0.345. The zero-order chi connectivity index (χ0) is 27.9. The molecule has 2 atom stereocenters. The molecular weight excluding hydrogens is 502 g/mol. The lowest BCUT2D eigenvalue weighted by molar-refractivity contribution is -0.131. The van der Waals surface area contributed by atoms with E-state index in [4.69, 9.17) is 10.5 Å². The summed E-state index contributed by atoms with van der Waals surface area (Å²) in [5.41, 5.74) is 11.5. The molecule has 0 radical (unpaired) electrons. The third kappa shape index (κ3) is 6.38. The van der Waals surface area contributed by atoms with Crippen molar-refractivity contribution in [3.8, 4) is 11.1 Å². The SMILES string of the molecule is NC(=O)[C@H](Cc1ccc(-c2ccccc2)cc1)NC(=O)[C@@H]1Cc2ccccc2CN1C(=O)OCc1ccccc1. The highest BCUT2D eigenvalue weighted by Gasteiger charge is 2.37. The number of benzene rings is 4. The molecule has 3 amide bonds. The third-order valence-corrected chi connectivity index (χ3v) is 7.15. The number of rotatable bonds is 8. The minimum Gasteiger partial charge on any atom is -0.445 e. The van der Waals surface area contributed by atoms with E-state index in [9.17, 15) is 14.4 Å². The molecule has 202 valence electrons. The Morgan fingerprint density at radius 1 is 0.775 bits per heavy atom. The van der Waals surface area contributed by atoms with Crippen LogP contribution in [-0.2, 0) is 40.3 Å². The van der Waals surface area contributed by atoms with E-state index in [0.29, 0.717) is 6.42 Å². The van der Waals surface area contributed by atoms with E-state index < -0.39 is 30.0 Å². The molecule has 40 heavy (non-hydrogen) atoms. The number of ether oxygens (including phenoxy) is 1. The van der Waals surface area contributed by atoms with Crippen LogP contribution >= 0.6 is 0 Å². The molecule has 0 saturated carbocycles. The van der Waals surface area contributed by atoms with Gasteiger partial charge in [-0.05, 0) is 33.4 Å². The predicted octanol–water partition coefficient (Wildman–Crippen LogP) is 4.63. The Balaban J connectivity index is 1.30. The molecule has 7 nitrogen and oxygen atoms in total. The van der Waals surface area contributed by atoms with Crippen LogP contribution in [0, 0.1) is 0 Å². The van der Waals surface area contributed by atoms with Gasteiger partial charge in [0.2, 0.25) is 11.8 Å². The van der Waals surface area contributed by atoms with Gasteiger partial charge in [-0.3, -0.25) is 14.5 Å². The number of carbonyl (C=O) groups excluding carboxylic acids is 3. The van der Waals surface area contributed by atoms with Gasteiger partial charge in [-0.25, -0.2) is 4.79 Å². The third-order valence-electron chi connectivity index (χ3n) is 7.15. The zero-order valence-electron chi connectivity index (χ0n) is 22.0. The van der Waals surface area contributed by atoms with E-state index in [0.717, 1.165) is 33.4 Å². The lowest BCUT2D eigenvalue weighted by atomic mass is 9.93. The molecule has 1 heterocycles. The number of carbonyl (C=O) groups is 3. The van der Waals surface area contributed by atoms with Crippen LogP contribution in [0.2, 0.25) is 0 Å². The summed E-state index contributed by atoms with van der Waals surface area (Å²) in [6, 6.07) is 33.1. The Hall–Kier alpha value is -4.91. The van der Waals surface area contributed by atoms with E-state index in [1.165, 1.54) is 4.90 Å². The molecule has 7 heteroatoms. The smallest absolute Gasteiger partial charge is 0.411 e. The molecule has 0 aromatic heterocycles. The molecule has 0 saturated heterocycles.